The van der Waals surface area contributed by atoms with E-state index >= 15 is 0 Å². The molecule has 0 unspecified atom stereocenters. The summed E-state index contributed by atoms with van der Waals surface area (Å²) < 4.78 is 64.2. The van der Waals surface area contributed by atoms with Crippen molar-refractivity contribution in [3.8, 4) is 5.82 Å². The van der Waals surface area contributed by atoms with Gasteiger partial charge in [0, 0.05) is 5.39 Å². The third-order valence-corrected chi connectivity index (χ3v) is 5.62. The Balaban J connectivity index is 2.34. The summed E-state index contributed by atoms with van der Waals surface area (Å²) in [6.07, 6.45) is -2.34. The summed E-state index contributed by atoms with van der Waals surface area (Å²) in [7, 11) is -3.82. The minimum atomic E-state index is -4.63. The van der Waals surface area contributed by atoms with Crippen LogP contribution >= 0.6 is 0 Å². The highest BCUT2D eigenvalue weighted by molar-refractivity contribution is 7.91. The summed E-state index contributed by atoms with van der Waals surface area (Å²) in [6, 6.07) is 3.78. The van der Waals surface area contributed by atoms with Gasteiger partial charge in [0.15, 0.2) is 15.7 Å². The molecule has 3 rings (SSSR count). The first-order valence-electron chi connectivity index (χ1n) is 7.62. The Kier molecular flexibility index (Phi) is 4.42. The molecule has 3 aromatic rings. The number of halogens is 3. The smallest absolute Gasteiger partial charge is 0.397 e. The predicted octanol–water partition coefficient (Wildman–Crippen LogP) is 2.18. The van der Waals surface area contributed by atoms with Gasteiger partial charge < -0.3 is 5.73 Å². The van der Waals surface area contributed by atoms with Crippen molar-refractivity contribution >= 4 is 26.3 Å². The van der Waals surface area contributed by atoms with E-state index in [1.165, 1.54) is 6.92 Å². The fourth-order valence-electron chi connectivity index (χ4n) is 2.46. The van der Waals surface area contributed by atoms with Gasteiger partial charge in [-0.1, -0.05) is 13.0 Å². The van der Waals surface area contributed by atoms with Crippen LogP contribution < -0.4 is 11.3 Å². The molecule has 0 bridgehead atoms. The third-order valence-electron chi connectivity index (χ3n) is 3.89. The number of anilines is 1. The van der Waals surface area contributed by atoms with Gasteiger partial charge >= 0.3 is 6.18 Å². The van der Waals surface area contributed by atoms with Gasteiger partial charge in [0.05, 0.1) is 34.8 Å². The number of hydrogen-bond acceptors (Lipinski definition) is 6. The molecule has 0 atom stereocenters. The van der Waals surface area contributed by atoms with E-state index in [1.807, 2.05) is 0 Å². The third kappa shape index (κ3) is 3.37. The largest absolute Gasteiger partial charge is 0.416 e. The van der Waals surface area contributed by atoms with E-state index in [4.69, 9.17) is 5.73 Å². The van der Waals surface area contributed by atoms with Gasteiger partial charge in [-0.05, 0) is 18.2 Å². The molecule has 0 aliphatic rings. The molecule has 0 radical (unpaired) electrons. The van der Waals surface area contributed by atoms with Crippen LogP contribution in [0.1, 0.15) is 12.5 Å². The highest BCUT2D eigenvalue weighted by Crippen LogP contribution is 2.30. The van der Waals surface area contributed by atoms with Gasteiger partial charge in [-0.3, -0.25) is 4.79 Å². The lowest BCUT2D eigenvalue weighted by Gasteiger charge is -2.12. The molecule has 7 nitrogen and oxygen atoms in total. The van der Waals surface area contributed by atoms with Crippen LogP contribution in [-0.2, 0) is 16.0 Å². The molecule has 2 aromatic heterocycles. The molecule has 0 aliphatic carbocycles. The van der Waals surface area contributed by atoms with Crippen molar-refractivity contribution in [2.75, 3.05) is 11.5 Å². The Hall–Kier alpha value is -2.95. The van der Waals surface area contributed by atoms with Crippen LogP contribution in [0.2, 0.25) is 0 Å². The number of alkyl halides is 3. The Morgan fingerprint density at radius 2 is 1.89 bits per heavy atom. The van der Waals surface area contributed by atoms with Gasteiger partial charge in [-0.25, -0.2) is 13.4 Å². The van der Waals surface area contributed by atoms with Gasteiger partial charge in [-0.2, -0.15) is 23.0 Å². The fourth-order valence-corrected chi connectivity index (χ4v) is 3.51. The van der Waals surface area contributed by atoms with Gasteiger partial charge in [0.2, 0.25) is 0 Å². The fraction of sp³-hybridized carbons (Fsp3) is 0.188. The molecule has 1 aromatic carbocycles. The summed E-state index contributed by atoms with van der Waals surface area (Å²) in [5, 5.41) is 3.78. The zero-order valence-electron chi connectivity index (χ0n) is 13.9. The SMILES string of the molecule is CCS(=O)(=O)c1cc(N)cnc1-n1ncc2ccc(C(F)(F)F)cc2c1=O. The maximum atomic E-state index is 13.0. The van der Waals surface area contributed by atoms with E-state index in [0.717, 1.165) is 30.6 Å². The van der Waals surface area contributed by atoms with Crippen molar-refractivity contribution in [1.29, 1.82) is 0 Å². The van der Waals surface area contributed by atoms with Crippen LogP contribution in [0.5, 0.6) is 0 Å². The van der Waals surface area contributed by atoms with Crippen molar-refractivity contribution in [1.82, 2.24) is 14.8 Å². The van der Waals surface area contributed by atoms with Crippen molar-refractivity contribution in [2.24, 2.45) is 0 Å². The molecular weight excluding hydrogens is 385 g/mol. The van der Waals surface area contributed by atoms with E-state index in [0.29, 0.717) is 10.7 Å². The zero-order chi connectivity index (χ0) is 20.0. The van der Waals surface area contributed by atoms with E-state index in [1.54, 1.807) is 0 Å². The molecule has 27 heavy (non-hydrogen) atoms. The van der Waals surface area contributed by atoms with Crippen molar-refractivity contribution in [3.05, 3.63) is 52.6 Å². The molecular formula is C16H13F3N4O3S. The van der Waals surface area contributed by atoms with E-state index < -0.39 is 27.1 Å². The lowest BCUT2D eigenvalue weighted by Crippen LogP contribution is -2.25. The highest BCUT2D eigenvalue weighted by atomic mass is 32.2. The Bertz CT molecular complexity index is 1200. The van der Waals surface area contributed by atoms with Gasteiger partial charge in [-0.15, -0.1) is 0 Å². The van der Waals surface area contributed by atoms with Crippen molar-refractivity contribution in [2.45, 2.75) is 18.0 Å². The minimum absolute atomic E-state index is 0.0546. The number of nitrogen functional groups attached to an aromatic ring is 1. The van der Waals surface area contributed by atoms with Gasteiger partial charge in [0.1, 0.15) is 4.90 Å². The normalized spacial score (nSPS) is 12.4. The first-order valence-corrected chi connectivity index (χ1v) is 9.28. The van der Waals surface area contributed by atoms with Crippen LogP contribution in [-0.4, -0.2) is 28.9 Å². The number of sulfone groups is 1. The molecule has 0 spiro atoms. The topological polar surface area (TPSA) is 108 Å². The van der Waals surface area contributed by atoms with Crippen molar-refractivity contribution in [3.63, 3.8) is 0 Å². The Labute approximate surface area is 151 Å². The number of pyridine rings is 1. The Morgan fingerprint density at radius 3 is 2.52 bits per heavy atom. The van der Waals surface area contributed by atoms with Gasteiger partial charge in [0.25, 0.3) is 5.56 Å². The number of benzene rings is 1. The highest BCUT2D eigenvalue weighted by Gasteiger charge is 2.31. The Morgan fingerprint density at radius 1 is 1.19 bits per heavy atom. The predicted molar refractivity (Wildman–Crippen MR) is 92.3 cm³/mol. The number of rotatable bonds is 3. The number of nitrogens with zero attached hydrogens (tertiary/aromatic N) is 3. The zero-order valence-corrected chi connectivity index (χ0v) is 14.7. The van der Waals surface area contributed by atoms with Crippen LogP contribution in [0.15, 0.2) is 46.3 Å². The molecule has 0 fully saturated rings. The van der Waals surface area contributed by atoms with E-state index in [2.05, 4.69) is 10.1 Å². The molecule has 2 N–H and O–H groups in total. The van der Waals surface area contributed by atoms with Crippen LogP contribution in [0.3, 0.4) is 0 Å². The molecule has 0 saturated heterocycles. The molecule has 2 heterocycles. The van der Waals surface area contributed by atoms with E-state index in [-0.39, 0.29) is 32.9 Å². The number of nitrogens with two attached hydrogens (primary N) is 1. The first kappa shape index (κ1) is 18.8. The number of hydrogen-bond donors (Lipinski definition) is 1. The molecule has 142 valence electrons. The lowest BCUT2D eigenvalue weighted by molar-refractivity contribution is -0.137. The van der Waals surface area contributed by atoms with Crippen LogP contribution in [0, 0.1) is 0 Å². The summed E-state index contributed by atoms with van der Waals surface area (Å²) in [4.78, 5) is 16.3. The average molecular weight is 398 g/mol. The number of aromatic nitrogens is 3. The summed E-state index contributed by atoms with van der Waals surface area (Å²) in [5.74, 6) is -0.610. The summed E-state index contributed by atoms with van der Waals surface area (Å²) in [5.41, 5.74) is 3.72. The van der Waals surface area contributed by atoms with Crippen LogP contribution in [0.25, 0.3) is 16.6 Å². The molecule has 0 aliphatic heterocycles. The second-order valence-electron chi connectivity index (χ2n) is 5.66. The summed E-state index contributed by atoms with van der Waals surface area (Å²) >= 11 is 0. The second kappa shape index (κ2) is 6.34. The molecule has 0 amide bonds. The maximum absolute atomic E-state index is 13.0. The monoisotopic (exact) mass is 398 g/mol. The average Bonchev–Trinajstić information content (AvgIpc) is 2.61. The minimum Gasteiger partial charge on any atom is -0.397 e. The van der Waals surface area contributed by atoms with Crippen LogP contribution in [0.4, 0.5) is 18.9 Å². The molecule has 0 saturated carbocycles. The standard InChI is InChI=1S/C16H13F3N4O3S/c1-2-27(25,26)13-6-11(20)8-21-14(13)23-15(24)12-5-10(16(17,18)19)4-3-9(12)7-22-23/h3-8H,2,20H2,1H3. The lowest BCUT2D eigenvalue weighted by atomic mass is 10.1. The summed E-state index contributed by atoms with van der Waals surface area (Å²) in [6.45, 7) is 1.40. The molecule has 11 heteroatoms. The maximum Gasteiger partial charge on any atom is 0.416 e. The second-order valence-corrected chi connectivity index (χ2v) is 7.90. The quantitative estimate of drug-likeness (QED) is 0.725. The number of fused-ring (bicyclic) bond motifs is 1. The van der Waals surface area contributed by atoms with E-state index in [9.17, 15) is 26.4 Å². The first-order chi connectivity index (χ1) is 12.5. The van der Waals surface area contributed by atoms with Crippen molar-refractivity contribution < 1.29 is 21.6 Å².